The van der Waals surface area contributed by atoms with E-state index in [-0.39, 0.29) is 19.0 Å². The van der Waals surface area contributed by atoms with Gasteiger partial charge in [0, 0.05) is 36.1 Å². The van der Waals surface area contributed by atoms with Crippen molar-refractivity contribution in [3.05, 3.63) is 45.4 Å². The Labute approximate surface area is 149 Å². The van der Waals surface area contributed by atoms with Gasteiger partial charge in [-0.15, -0.1) is 11.3 Å². The summed E-state index contributed by atoms with van der Waals surface area (Å²) in [4.78, 5) is 29.0. The molecule has 2 amide bonds. The lowest BCUT2D eigenvalue weighted by Crippen LogP contribution is -2.33. The number of amides is 2. The van der Waals surface area contributed by atoms with E-state index in [1.54, 1.807) is 13.2 Å². The summed E-state index contributed by atoms with van der Waals surface area (Å²) in [6.45, 7) is 2.14. The number of halogens is 1. The lowest BCUT2D eigenvalue weighted by molar-refractivity contribution is -0.137. The molecule has 0 unspecified atom stereocenters. The van der Waals surface area contributed by atoms with Gasteiger partial charge in [0.25, 0.3) is 0 Å². The second-order valence-electron chi connectivity index (χ2n) is 5.37. The summed E-state index contributed by atoms with van der Waals surface area (Å²) in [6.07, 6.45) is 2.35. The SMILES string of the molecule is Cc1cc(Cl)ccc1Cc1cnc(NC(=O)N(C)CCC(=O)O)s1. The van der Waals surface area contributed by atoms with Crippen molar-refractivity contribution in [3.63, 3.8) is 0 Å². The summed E-state index contributed by atoms with van der Waals surface area (Å²) in [5.74, 6) is -0.940. The zero-order valence-corrected chi connectivity index (χ0v) is 14.9. The highest BCUT2D eigenvalue weighted by Gasteiger charge is 2.13. The molecule has 6 nitrogen and oxygen atoms in total. The van der Waals surface area contributed by atoms with Gasteiger partial charge in [-0.25, -0.2) is 9.78 Å². The van der Waals surface area contributed by atoms with Gasteiger partial charge in [-0.05, 0) is 30.2 Å². The van der Waals surface area contributed by atoms with E-state index in [0.29, 0.717) is 16.6 Å². The molecule has 24 heavy (non-hydrogen) atoms. The first-order valence-corrected chi connectivity index (χ1v) is 8.48. The number of benzene rings is 1. The largest absolute Gasteiger partial charge is 0.481 e. The molecule has 0 aliphatic rings. The maximum absolute atomic E-state index is 12.0. The van der Waals surface area contributed by atoms with Crippen LogP contribution in [0.15, 0.2) is 24.4 Å². The number of nitrogens with zero attached hydrogens (tertiary/aromatic N) is 2. The second-order valence-corrected chi connectivity index (χ2v) is 6.93. The van der Waals surface area contributed by atoms with Gasteiger partial charge in [-0.3, -0.25) is 10.1 Å². The van der Waals surface area contributed by atoms with Crippen LogP contribution in [-0.2, 0) is 11.2 Å². The van der Waals surface area contributed by atoms with Crippen molar-refractivity contribution in [3.8, 4) is 0 Å². The molecule has 0 spiro atoms. The molecule has 0 atom stereocenters. The van der Waals surface area contributed by atoms with Crippen LogP contribution in [0.4, 0.5) is 9.93 Å². The van der Waals surface area contributed by atoms with Crippen LogP contribution in [0, 0.1) is 6.92 Å². The molecule has 2 rings (SSSR count). The molecule has 2 aromatic rings. The first kappa shape index (κ1) is 18.2. The van der Waals surface area contributed by atoms with Gasteiger partial charge in [0.15, 0.2) is 5.13 Å². The highest BCUT2D eigenvalue weighted by atomic mass is 35.5. The standard InChI is InChI=1S/C16H18ClN3O3S/c1-10-7-12(17)4-3-11(10)8-13-9-18-15(24-13)19-16(23)20(2)6-5-14(21)22/h3-4,7,9H,5-6,8H2,1-2H3,(H,21,22)(H,18,19,23). The summed E-state index contributed by atoms with van der Waals surface area (Å²) in [6, 6.07) is 5.37. The van der Waals surface area contributed by atoms with E-state index in [2.05, 4.69) is 10.3 Å². The van der Waals surface area contributed by atoms with Crippen LogP contribution in [-0.4, -0.2) is 40.6 Å². The van der Waals surface area contributed by atoms with Crippen molar-refractivity contribution in [1.29, 1.82) is 0 Å². The highest BCUT2D eigenvalue weighted by molar-refractivity contribution is 7.15. The van der Waals surface area contributed by atoms with Gasteiger partial charge in [0.1, 0.15) is 0 Å². The fraction of sp³-hybridized carbons (Fsp3) is 0.312. The molecular formula is C16H18ClN3O3S. The van der Waals surface area contributed by atoms with Crippen LogP contribution < -0.4 is 5.32 Å². The second kappa shape index (κ2) is 8.12. The maximum atomic E-state index is 12.0. The van der Waals surface area contributed by atoms with Crippen LogP contribution in [0.5, 0.6) is 0 Å². The van der Waals surface area contributed by atoms with E-state index in [1.807, 2.05) is 25.1 Å². The van der Waals surface area contributed by atoms with Gasteiger partial charge in [-0.1, -0.05) is 17.7 Å². The molecule has 0 aliphatic heterocycles. The minimum atomic E-state index is -0.940. The van der Waals surface area contributed by atoms with Gasteiger partial charge >= 0.3 is 12.0 Å². The number of urea groups is 1. The predicted octanol–water partition coefficient (Wildman–Crippen LogP) is 3.63. The van der Waals surface area contributed by atoms with Crippen LogP contribution >= 0.6 is 22.9 Å². The van der Waals surface area contributed by atoms with Gasteiger partial charge in [0.05, 0.1) is 6.42 Å². The first-order chi connectivity index (χ1) is 11.3. The van der Waals surface area contributed by atoms with Gasteiger partial charge in [-0.2, -0.15) is 0 Å². The first-order valence-electron chi connectivity index (χ1n) is 7.29. The quantitative estimate of drug-likeness (QED) is 0.816. The highest BCUT2D eigenvalue weighted by Crippen LogP contribution is 2.24. The number of carbonyl (C=O) groups excluding carboxylic acids is 1. The molecule has 0 saturated heterocycles. The van der Waals surface area contributed by atoms with E-state index in [9.17, 15) is 9.59 Å². The molecular weight excluding hydrogens is 350 g/mol. The Morgan fingerprint density at radius 3 is 2.83 bits per heavy atom. The molecule has 2 N–H and O–H groups in total. The number of carboxylic acids is 1. The lowest BCUT2D eigenvalue weighted by Gasteiger charge is -2.15. The third-order valence-electron chi connectivity index (χ3n) is 3.44. The molecule has 0 aliphatic carbocycles. The molecule has 0 radical (unpaired) electrons. The average molecular weight is 368 g/mol. The van der Waals surface area contributed by atoms with Crippen molar-refractivity contribution in [2.24, 2.45) is 0 Å². The van der Waals surface area contributed by atoms with E-state index < -0.39 is 5.97 Å². The van der Waals surface area contributed by atoms with Crippen molar-refractivity contribution in [1.82, 2.24) is 9.88 Å². The number of rotatable bonds is 6. The van der Waals surface area contributed by atoms with Crippen LogP contribution in [0.1, 0.15) is 22.4 Å². The fourth-order valence-corrected chi connectivity index (χ4v) is 3.10. The molecule has 8 heteroatoms. The molecule has 0 fully saturated rings. The van der Waals surface area contributed by atoms with E-state index in [0.717, 1.165) is 16.0 Å². The van der Waals surface area contributed by atoms with Crippen molar-refractivity contribution < 1.29 is 14.7 Å². The number of anilines is 1. The zero-order valence-electron chi connectivity index (χ0n) is 13.4. The molecule has 1 aromatic heterocycles. The Kier molecular flexibility index (Phi) is 6.16. The average Bonchev–Trinajstić information content (AvgIpc) is 2.94. The number of aryl methyl sites for hydroxylation is 1. The summed E-state index contributed by atoms with van der Waals surface area (Å²) >= 11 is 7.35. The van der Waals surface area contributed by atoms with E-state index >= 15 is 0 Å². The normalized spacial score (nSPS) is 10.5. The van der Waals surface area contributed by atoms with Crippen molar-refractivity contribution in [2.75, 3.05) is 18.9 Å². The summed E-state index contributed by atoms with van der Waals surface area (Å²) in [5, 5.41) is 12.5. The van der Waals surface area contributed by atoms with Crippen molar-refractivity contribution >= 4 is 40.1 Å². The summed E-state index contributed by atoms with van der Waals surface area (Å²) in [5.41, 5.74) is 2.26. The number of carboxylic acid groups (broad SMARTS) is 1. The fourth-order valence-electron chi connectivity index (χ4n) is 2.04. The Morgan fingerprint density at radius 2 is 2.17 bits per heavy atom. The van der Waals surface area contributed by atoms with Gasteiger partial charge < -0.3 is 10.0 Å². The number of carbonyl (C=O) groups is 2. The molecule has 128 valence electrons. The van der Waals surface area contributed by atoms with E-state index in [4.69, 9.17) is 16.7 Å². The van der Waals surface area contributed by atoms with Crippen LogP contribution in [0.3, 0.4) is 0 Å². The number of nitrogens with one attached hydrogen (secondary N) is 1. The molecule has 1 heterocycles. The lowest BCUT2D eigenvalue weighted by atomic mass is 10.1. The Balaban J connectivity index is 1.95. The number of hydrogen-bond acceptors (Lipinski definition) is 4. The van der Waals surface area contributed by atoms with Crippen molar-refractivity contribution in [2.45, 2.75) is 19.8 Å². The number of hydrogen-bond donors (Lipinski definition) is 2. The molecule has 0 bridgehead atoms. The monoisotopic (exact) mass is 367 g/mol. The summed E-state index contributed by atoms with van der Waals surface area (Å²) < 4.78 is 0. The predicted molar refractivity (Wildman–Crippen MR) is 95.0 cm³/mol. The Morgan fingerprint density at radius 1 is 1.42 bits per heavy atom. The number of aromatic nitrogens is 1. The maximum Gasteiger partial charge on any atom is 0.323 e. The van der Waals surface area contributed by atoms with Gasteiger partial charge in [0.2, 0.25) is 0 Å². The molecule has 1 aromatic carbocycles. The Hall–Kier alpha value is -2.12. The van der Waals surface area contributed by atoms with Crippen LogP contribution in [0.2, 0.25) is 5.02 Å². The zero-order chi connectivity index (χ0) is 17.7. The number of aliphatic carboxylic acids is 1. The van der Waals surface area contributed by atoms with Crippen LogP contribution in [0.25, 0.3) is 0 Å². The molecule has 0 saturated carbocycles. The third-order valence-corrected chi connectivity index (χ3v) is 4.59. The Bertz CT molecular complexity index is 748. The minimum Gasteiger partial charge on any atom is -0.481 e. The topological polar surface area (TPSA) is 82.5 Å². The third kappa shape index (κ3) is 5.21. The van der Waals surface area contributed by atoms with E-state index in [1.165, 1.54) is 16.2 Å². The minimum absolute atomic E-state index is 0.0944. The smallest absolute Gasteiger partial charge is 0.323 e. The summed E-state index contributed by atoms with van der Waals surface area (Å²) in [7, 11) is 1.55. The number of thiazole rings is 1.